The standard InChI is InChI=1S/C16H19FN2O3/c1-2-12(10-17)11-21-13-3-4-14-15(9-13)22-16(18-14)19-5-7-20-8-6-19/h3-4,9-10H,2,5-8,11H2,1H3/b12-10-. The van der Waals surface area contributed by atoms with Crippen molar-refractivity contribution in [2.75, 3.05) is 37.8 Å². The van der Waals surface area contributed by atoms with Gasteiger partial charge >= 0.3 is 0 Å². The summed E-state index contributed by atoms with van der Waals surface area (Å²) in [5, 5.41) is 0. The van der Waals surface area contributed by atoms with Crippen molar-refractivity contribution < 1.29 is 18.3 Å². The maximum atomic E-state index is 12.5. The lowest BCUT2D eigenvalue weighted by molar-refractivity contribution is 0.120. The molecule has 3 rings (SSSR count). The maximum absolute atomic E-state index is 12.5. The van der Waals surface area contributed by atoms with Gasteiger partial charge in [0.25, 0.3) is 6.01 Å². The summed E-state index contributed by atoms with van der Waals surface area (Å²) in [6.07, 6.45) is 1.23. The fourth-order valence-corrected chi connectivity index (χ4v) is 2.26. The van der Waals surface area contributed by atoms with Gasteiger partial charge in [-0.3, -0.25) is 0 Å². The van der Waals surface area contributed by atoms with Gasteiger partial charge in [0.1, 0.15) is 17.9 Å². The number of oxazole rings is 1. The van der Waals surface area contributed by atoms with Crippen LogP contribution in [0.4, 0.5) is 10.4 Å². The zero-order valence-corrected chi connectivity index (χ0v) is 12.5. The van der Waals surface area contributed by atoms with Crippen molar-refractivity contribution in [2.24, 2.45) is 0 Å². The largest absolute Gasteiger partial charge is 0.489 e. The summed E-state index contributed by atoms with van der Waals surface area (Å²) in [6, 6.07) is 6.06. The van der Waals surface area contributed by atoms with Crippen molar-refractivity contribution in [2.45, 2.75) is 13.3 Å². The van der Waals surface area contributed by atoms with Gasteiger partial charge < -0.3 is 18.8 Å². The van der Waals surface area contributed by atoms with Crippen LogP contribution in [0.25, 0.3) is 11.1 Å². The fourth-order valence-electron chi connectivity index (χ4n) is 2.26. The lowest BCUT2D eigenvalue weighted by Gasteiger charge is -2.24. The van der Waals surface area contributed by atoms with Gasteiger partial charge in [0.05, 0.1) is 19.5 Å². The third-order valence-electron chi connectivity index (χ3n) is 3.66. The zero-order chi connectivity index (χ0) is 15.4. The number of halogens is 1. The van der Waals surface area contributed by atoms with Crippen LogP contribution in [0.3, 0.4) is 0 Å². The van der Waals surface area contributed by atoms with Crippen LogP contribution in [0.15, 0.2) is 34.5 Å². The number of aromatic nitrogens is 1. The Morgan fingerprint density at radius 2 is 2.23 bits per heavy atom. The maximum Gasteiger partial charge on any atom is 0.298 e. The molecular formula is C16H19FN2O3. The minimum absolute atomic E-state index is 0.239. The Hall–Kier alpha value is -2.08. The van der Waals surface area contributed by atoms with E-state index in [0.717, 1.165) is 18.6 Å². The summed E-state index contributed by atoms with van der Waals surface area (Å²) in [4.78, 5) is 6.54. The van der Waals surface area contributed by atoms with Gasteiger partial charge in [-0.05, 0) is 24.1 Å². The number of hydrogen-bond acceptors (Lipinski definition) is 5. The summed E-state index contributed by atoms with van der Waals surface area (Å²) in [6.45, 7) is 5.05. The van der Waals surface area contributed by atoms with Crippen LogP contribution in [0.2, 0.25) is 0 Å². The van der Waals surface area contributed by atoms with Gasteiger partial charge in [-0.2, -0.15) is 4.98 Å². The second-order valence-electron chi connectivity index (χ2n) is 5.13. The van der Waals surface area contributed by atoms with E-state index in [4.69, 9.17) is 13.9 Å². The molecule has 1 aromatic heterocycles. The molecule has 1 aliphatic heterocycles. The highest BCUT2D eigenvalue weighted by Crippen LogP contribution is 2.26. The molecule has 1 aromatic carbocycles. The highest BCUT2D eigenvalue weighted by molar-refractivity contribution is 5.76. The van der Waals surface area contributed by atoms with E-state index >= 15 is 0 Å². The molecule has 6 heteroatoms. The summed E-state index contributed by atoms with van der Waals surface area (Å²) in [5.74, 6) is 0.643. The molecule has 0 atom stereocenters. The van der Waals surface area contributed by atoms with E-state index in [-0.39, 0.29) is 6.61 Å². The minimum Gasteiger partial charge on any atom is -0.489 e. The molecule has 0 amide bonds. The average molecular weight is 306 g/mol. The van der Waals surface area contributed by atoms with Gasteiger partial charge in [0.2, 0.25) is 0 Å². The Kier molecular flexibility index (Phi) is 4.58. The third-order valence-corrected chi connectivity index (χ3v) is 3.66. The lowest BCUT2D eigenvalue weighted by atomic mass is 10.2. The van der Waals surface area contributed by atoms with E-state index in [9.17, 15) is 4.39 Å². The number of benzene rings is 1. The third kappa shape index (κ3) is 3.22. The highest BCUT2D eigenvalue weighted by Gasteiger charge is 2.17. The Morgan fingerprint density at radius 1 is 1.41 bits per heavy atom. The molecule has 2 heterocycles. The molecule has 22 heavy (non-hydrogen) atoms. The van der Waals surface area contributed by atoms with Crippen molar-refractivity contribution in [3.05, 3.63) is 30.1 Å². The van der Waals surface area contributed by atoms with E-state index in [2.05, 4.69) is 9.88 Å². The number of ether oxygens (including phenoxy) is 2. The quantitative estimate of drug-likeness (QED) is 0.848. The van der Waals surface area contributed by atoms with Gasteiger partial charge in [0, 0.05) is 19.2 Å². The fraction of sp³-hybridized carbons (Fsp3) is 0.438. The Bertz CT molecular complexity index is 662. The van der Waals surface area contributed by atoms with Crippen LogP contribution in [0, 0.1) is 0 Å². The lowest BCUT2D eigenvalue weighted by Crippen LogP contribution is -2.36. The second-order valence-corrected chi connectivity index (χ2v) is 5.13. The van der Waals surface area contributed by atoms with Gasteiger partial charge in [-0.15, -0.1) is 0 Å². The first kappa shape index (κ1) is 14.8. The molecule has 0 unspecified atom stereocenters. The van der Waals surface area contributed by atoms with Crippen molar-refractivity contribution >= 4 is 17.1 Å². The first-order valence-corrected chi connectivity index (χ1v) is 7.44. The van der Waals surface area contributed by atoms with Crippen molar-refractivity contribution in [1.29, 1.82) is 0 Å². The number of hydrogen-bond donors (Lipinski definition) is 0. The van der Waals surface area contributed by atoms with Crippen molar-refractivity contribution in [1.82, 2.24) is 4.98 Å². The van der Waals surface area contributed by atoms with E-state index in [1.165, 1.54) is 0 Å². The van der Waals surface area contributed by atoms with Crippen LogP contribution < -0.4 is 9.64 Å². The molecular weight excluding hydrogens is 287 g/mol. The van der Waals surface area contributed by atoms with Crippen LogP contribution >= 0.6 is 0 Å². The summed E-state index contributed by atoms with van der Waals surface area (Å²) >= 11 is 0. The van der Waals surface area contributed by atoms with Gasteiger partial charge in [-0.1, -0.05) is 6.92 Å². The topological polar surface area (TPSA) is 47.7 Å². The highest BCUT2D eigenvalue weighted by atomic mass is 19.1. The normalized spacial score (nSPS) is 16.3. The molecule has 2 aromatic rings. The molecule has 0 bridgehead atoms. The number of fused-ring (bicyclic) bond motifs is 1. The second kappa shape index (κ2) is 6.79. The SMILES string of the molecule is CC/C(=C/F)COc1ccc2nc(N3CCOCC3)oc2c1. The first-order valence-electron chi connectivity index (χ1n) is 7.44. The Morgan fingerprint density at radius 3 is 2.95 bits per heavy atom. The molecule has 5 nitrogen and oxygen atoms in total. The molecule has 0 saturated carbocycles. The summed E-state index contributed by atoms with van der Waals surface area (Å²) in [5.41, 5.74) is 2.07. The van der Waals surface area contributed by atoms with Crippen LogP contribution in [-0.4, -0.2) is 37.9 Å². The van der Waals surface area contributed by atoms with Crippen LogP contribution in [-0.2, 0) is 4.74 Å². The Labute approximate surface area is 128 Å². The molecule has 1 fully saturated rings. The number of anilines is 1. The van der Waals surface area contributed by atoms with E-state index in [1.54, 1.807) is 6.07 Å². The summed E-state index contributed by atoms with van der Waals surface area (Å²) < 4.78 is 29.2. The number of rotatable bonds is 5. The van der Waals surface area contributed by atoms with Crippen molar-refractivity contribution in [3.8, 4) is 5.75 Å². The molecule has 1 saturated heterocycles. The predicted octanol–water partition coefficient (Wildman–Crippen LogP) is 3.31. The zero-order valence-electron chi connectivity index (χ0n) is 12.5. The van der Waals surface area contributed by atoms with Crippen LogP contribution in [0.5, 0.6) is 5.75 Å². The van der Waals surface area contributed by atoms with Crippen LogP contribution in [0.1, 0.15) is 13.3 Å². The number of nitrogens with zero attached hydrogens (tertiary/aromatic N) is 2. The molecule has 0 aliphatic carbocycles. The van der Waals surface area contributed by atoms with Gasteiger partial charge in [0.15, 0.2) is 5.58 Å². The van der Waals surface area contributed by atoms with E-state index in [0.29, 0.717) is 48.9 Å². The first-order chi connectivity index (χ1) is 10.8. The average Bonchev–Trinajstić information content (AvgIpc) is 3.00. The predicted molar refractivity (Wildman–Crippen MR) is 82.0 cm³/mol. The van der Waals surface area contributed by atoms with E-state index in [1.807, 2.05) is 19.1 Å². The smallest absolute Gasteiger partial charge is 0.298 e. The van der Waals surface area contributed by atoms with E-state index < -0.39 is 0 Å². The van der Waals surface area contributed by atoms with Gasteiger partial charge in [-0.25, -0.2) is 4.39 Å². The molecule has 118 valence electrons. The summed E-state index contributed by atoms with van der Waals surface area (Å²) in [7, 11) is 0. The Balaban J connectivity index is 1.75. The molecule has 0 radical (unpaired) electrons. The molecule has 0 N–H and O–H groups in total. The molecule has 1 aliphatic rings. The monoisotopic (exact) mass is 306 g/mol. The minimum atomic E-state index is 0.239. The van der Waals surface area contributed by atoms with Crippen molar-refractivity contribution in [3.63, 3.8) is 0 Å². The molecule has 0 spiro atoms. The number of morpholine rings is 1.